The molecule has 0 radical (unpaired) electrons. The Bertz CT molecular complexity index is 897. The highest BCUT2D eigenvalue weighted by atomic mass is 32.2. The first-order valence-electron chi connectivity index (χ1n) is 8.72. The van der Waals surface area contributed by atoms with Crippen molar-refractivity contribution < 1.29 is 28.2 Å². The third-order valence-corrected chi connectivity index (χ3v) is 5.51. The third kappa shape index (κ3) is 5.95. The van der Waals surface area contributed by atoms with E-state index < -0.39 is 16.0 Å². The lowest BCUT2D eigenvalue weighted by Gasteiger charge is -2.12. The molecule has 4 N–H and O–H groups in total. The molecule has 0 spiro atoms. The predicted octanol–water partition coefficient (Wildman–Crippen LogP) is 1.71. The highest BCUT2D eigenvalue weighted by Gasteiger charge is 2.18. The normalized spacial score (nSPS) is 11.2. The summed E-state index contributed by atoms with van der Waals surface area (Å²) in [6, 6.07) is 11.2. The van der Waals surface area contributed by atoms with Crippen LogP contribution in [0.1, 0.15) is 22.3 Å². The molecule has 0 unspecified atom stereocenters. The molecule has 0 aromatic heterocycles. The zero-order chi connectivity index (χ0) is 20.6. The van der Waals surface area contributed by atoms with Crippen molar-refractivity contribution in [1.29, 1.82) is 0 Å². The second kappa shape index (κ2) is 10.1. The number of sulfonamides is 1. The maximum Gasteiger partial charge on any atom is 0.337 e. The van der Waals surface area contributed by atoms with Gasteiger partial charge in [-0.15, -0.1) is 0 Å². The van der Waals surface area contributed by atoms with E-state index in [1.165, 1.54) is 12.1 Å². The first kappa shape index (κ1) is 21.7. The monoisotopic (exact) mass is 408 g/mol. The Morgan fingerprint density at radius 1 is 1.11 bits per heavy atom. The minimum Gasteiger partial charge on any atom is -0.497 e. The van der Waals surface area contributed by atoms with Crippen LogP contribution in [-0.2, 0) is 16.4 Å². The highest BCUT2D eigenvalue weighted by Crippen LogP contribution is 2.21. The largest absolute Gasteiger partial charge is 0.497 e. The fourth-order valence-electron chi connectivity index (χ4n) is 2.53. The number of aliphatic hydroxyl groups excluding tert-OH is 1. The molecular formula is C19H24N2O6S. The van der Waals surface area contributed by atoms with Crippen LogP contribution in [0.15, 0.2) is 47.4 Å². The van der Waals surface area contributed by atoms with Crippen LogP contribution < -0.4 is 14.8 Å². The number of aliphatic hydroxyl groups is 1. The van der Waals surface area contributed by atoms with Crippen molar-refractivity contribution in [1.82, 2.24) is 4.72 Å². The number of ether oxygens (including phenoxy) is 1. The molecule has 0 bridgehead atoms. The van der Waals surface area contributed by atoms with E-state index in [1.807, 2.05) is 12.1 Å². The Labute approximate surface area is 164 Å². The molecule has 0 aliphatic rings. The van der Waals surface area contributed by atoms with E-state index in [1.54, 1.807) is 19.2 Å². The molecular weight excluding hydrogens is 384 g/mol. The lowest BCUT2D eigenvalue weighted by molar-refractivity contribution is 0.0697. The van der Waals surface area contributed by atoms with E-state index in [-0.39, 0.29) is 23.6 Å². The average Bonchev–Trinajstić information content (AvgIpc) is 2.68. The Morgan fingerprint density at radius 2 is 1.82 bits per heavy atom. The van der Waals surface area contributed by atoms with Crippen LogP contribution in [0.3, 0.4) is 0 Å². The number of hydrogen-bond acceptors (Lipinski definition) is 6. The van der Waals surface area contributed by atoms with Gasteiger partial charge in [0.1, 0.15) is 5.75 Å². The minimum absolute atomic E-state index is 0.0278. The van der Waals surface area contributed by atoms with Gasteiger partial charge in [-0.25, -0.2) is 17.9 Å². The number of rotatable bonds is 11. The molecule has 2 aromatic carbocycles. The van der Waals surface area contributed by atoms with Crippen molar-refractivity contribution >= 4 is 21.7 Å². The van der Waals surface area contributed by atoms with Crippen LogP contribution in [0.2, 0.25) is 0 Å². The van der Waals surface area contributed by atoms with Crippen LogP contribution >= 0.6 is 0 Å². The van der Waals surface area contributed by atoms with Gasteiger partial charge in [0.25, 0.3) is 0 Å². The lowest BCUT2D eigenvalue weighted by atomic mass is 10.1. The predicted molar refractivity (Wildman–Crippen MR) is 105 cm³/mol. The Balaban J connectivity index is 2.06. The number of hydrogen-bond donors (Lipinski definition) is 4. The quantitative estimate of drug-likeness (QED) is 0.417. The third-order valence-electron chi connectivity index (χ3n) is 4.05. The van der Waals surface area contributed by atoms with Crippen molar-refractivity contribution in [3.05, 3.63) is 53.6 Å². The molecule has 0 saturated heterocycles. The fraction of sp³-hybridized carbons (Fsp3) is 0.316. The molecule has 152 valence electrons. The van der Waals surface area contributed by atoms with Gasteiger partial charge in [0, 0.05) is 25.4 Å². The molecule has 0 fully saturated rings. The molecule has 9 heteroatoms. The van der Waals surface area contributed by atoms with E-state index in [9.17, 15) is 18.3 Å². The SMILES string of the molecule is COc1ccc(CCNS(=O)(=O)c2ccc(NCCCO)c(C(=O)O)c2)cc1. The van der Waals surface area contributed by atoms with Crippen LogP contribution in [0.5, 0.6) is 5.75 Å². The van der Waals surface area contributed by atoms with Crippen LogP contribution in [0.25, 0.3) is 0 Å². The molecule has 0 aliphatic heterocycles. The van der Waals surface area contributed by atoms with Crippen molar-refractivity contribution in [2.75, 3.05) is 32.1 Å². The zero-order valence-electron chi connectivity index (χ0n) is 15.5. The molecule has 28 heavy (non-hydrogen) atoms. The number of carbonyl (C=O) groups is 1. The van der Waals surface area contributed by atoms with Crippen LogP contribution in [0, 0.1) is 0 Å². The molecule has 0 amide bonds. The van der Waals surface area contributed by atoms with Crippen LogP contribution in [-0.4, -0.2) is 51.4 Å². The van der Waals surface area contributed by atoms with Crippen LogP contribution in [0.4, 0.5) is 5.69 Å². The smallest absolute Gasteiger partial charge is 0.337 e. The molecule has 2 aromatic rings. The number of anilines is 1. The van der Waals surface area contributed by atoms with E-state index in [2.05, 4.69) is 10.0 Å². The molecule has 0 aliphatic carbocycles. The summed E-state index contributed by atoms with van der Waals surface area (Å²) in [5, 5.41) is 21.1. The Kier molecular flexibility index (Phi) is 7.80. The van der Waals surface area contributed by atoms with E-state index >= 15 is 0 Å². The minimum atomic E-state index is -3.85. The molecule has 2 rings (SSSR count). The summed E-state index contributed by atoms with van der Waals surface area (Å²) in [7, 11) is -2.28. The highest BCUT2D eigenvalue weighted by molar-refractivity contribution is 7.89. The van der Waals surface area contributed by atoms with Crippen molar-refractivity contribution in [2.24, 2.45) is 0 Å². The first-order chi connectivity index (χ1) is 13.4. The number of nitrogens with one attached hydrogen (secondary N) is 2. The van der Waals surface area contributed by atoms with E-state index in [0.717, 1.165) is 17.4 Å². The maximum atomic E-state index is 12.5. The Hall–Kier alpha value is -2.62. The summed E-state index contributed by atoms with van der Waals surface area (Å²) in [4.78, 5) is 11.4. The van der Waals surface area contributed by atoms with Crippen molar-refractivity contribution in [2.45, 2.75) is 17.7 Å². The topological polar surface area (TPSA) is 125 Å². The summed E-state index contributed by atoms with van der Waals surface area (Å²) in [5.41, 5.74) is 1.10. The van der Waals surface area contributed by atoms with Crippen molar-refractivity contribution in [3.8, 4) is 5.75 Å². The second-order valence-corrected chi connectivity index (χ2v) is 7.78. The number of carboxylic acid groups (broad SMARTS) is 1. The summed E-state index contributed by atoms with van der Waals surface area (Å²) < 4.78 is 32.5. The van der Waals surface area contributed by atoms with Gasteiger partial charge in [0.05, 0.1) is 17.6 Å². The van der Waals surface area contributed by atoms with Crippen molar-refractivity contribution in [3.63, 3.8) is 0 Å². The number of methoxy groups -OCH3 is 1. The number of benzene rings is 2. The van der Waals surface area contributed by atoms with Gasteiger partial charge in [-0.05, 0) is 48.7 Å². The second-order valence-electron chi connectivity index (χ2n) is 6.01. The first-order valence-corrected chi connectivity index (χ1v) is 10.2. The van der Waals surface area contributed by atoms with Gasteiger partial charge in [-0.1, -0.05) is 12.1 Å². The molecule has 8 nitrogen and oxygen atoms in total. The van der Waals surface area contributed by atoms with Gasteiger partial charge >= 0.3 is 5.97 Å². The fourth-order valence-corrected chi connectivity index (χ4v) is 3.59. The standard InChI is InChI=1S/C19H24N2O6S/c1-27-15-5-3-14(4-6-15)9-11-21-28(25,26)16-7-8-18(20-10-2-12-22)17(13-16)19(23)24/h3-8,13,20-22H,2,9-12H2,1H3,(H,23,24). The van der Waals surface area contributed by atoms with E-state index in [4.69, 9.17) is 9.84 Å². The average molecular weight is 408 g/mol. The van der Waals surface area contributed by atoms with Gasteiger partial charge in [-0.3, -0.25) is 0 Å². The van der Waals surface area contributed by atoms with Gasteiger partial charge in [-0.2, -0.15) is 0 Å². The maximum absolute atomic E-state index is 12.5. The van der Waals surface area contributed by atoms with Gasteiger partial charge < -0.3 is 20.3 Å². The molecule has 0 atom stereocenters. The molecule has 0 heterocycles. The van der Waals surface area contributed by atoms with Gasteiger partial charge in [0.15, 0.2) is 0 Å². The molecule has 0 saturated carbocycles. The summed E-state index contributed by atoms with van der Waals surface area (Å²) in [6.07, 6.45) is 0.932. The van der Waals surface area contributed by atoms with E-state index in [0.29, 0.717) is 25.1 Å². The van der Waals surface area contributed by atoms with Gasteiger partial charge in [0.2, 0.25) is 10.0 Å². The number of aromatic carboxylic acids is 1. The Morgan fingerprint density at radius 3 is 2.43 bits per heavy atom. The zero-order valence-corrected chi connectivity index (χ0v) is 16.3. The summed E-state index contributed by atoms with van der Waals surface area (Å²) in [5.74, 6) is -0.514. The number of carboxylic acids is 1. The summed E-state index contributed by atoms with van der Waals surface area (Å²) >= 11 is 0. The summed E-state index contributed by atoms with van der Waals surface area (Å²) in [6.45, 7) is 0.524. The lowest BCUT2D eigenvalue weighted by Crippen LogP contribution is -2.26.